The monoisotopic (exact) mass is 323 g/mol. The number of hydrazone groups is 1. The second-order valence-corrected chi connectivity index (χ2v) is 7.27. The molecule has 4 bridgehead atoms. The highest BCUT2D eigenvalue weighted by atomic mass is 16.5. The van der Waals surface area contributed by atoms with Crippen LogP contribution in [0.1, 0.15) is 37.7 Å². The molecule has 0 radical (unpaired) electrons. The first-order valence-corrected chi connectivity index (χ1v) is 8.71. The molecule has 5 nitrogen and oxygen atoms in total. The van der Waals surface area contributed by atoms with E-state index in [2.05, 4.69) is 16.6 Å². The molecule has 1 aromatic carbocycles. The van der Waals surface area contributed by atoms with Gasteiger partial charge >= 0.3 is 0 Å². The summed E-state index contributed by atoms with van der Waals surface area (Å²) in [6, 6.07) is 8.96. The summed E-state index contributed by atoms with van der Waals surface area (Å²) < 4.78 is 5.44. The minimum atomic E-state index is -0.274. The van der Waals surface area contributed by atoms with Crippen LogP contribution in [0.2, 0.25) is 0 Å². The van der Waals surface area contributed by atoms with E-state index >= 15 is 0 Å². The molecular formula is C19H21N3O2. The molecule has 4 aliphatic rings. The first-order chi connectivity index (χ1) is 11.7. The number of rotatable bonds is 4. The molecule has 1 N–H and O–H groups in total. The first kappa shape index (κ1) is 15.2. The molecule has 4 aliphatic carbocycles. The molecule has 5 heteroatoms. The lowest BCUT2D eigenvalue weighted by Gasteiger charge is -2.50. The van der Waals surface area contributed by atoms with Crippen LogP contribution in [0, 0.1) is 35.0 Å². The molecule has 0 atom stereocenters. The van der Waals surface area contributed by atoms with Crippen molar-refractivity contribution in [3.05, 3.63) is 29.8 Å². The van der Waals surface area contributed by atoms with Gasteiger partial charge in [-0.25, -0.2) is 5.43 Å². The largest absolute Gasteiger partial charge is 0.482 e. The number of benzene rings is 1. The van der Waals surface area contributed by atoms with Crippen molar-refractivity contribution in [2.24, 2.45) is 28.8 Å². The van der Waals surface area contributed by atoms with Crippen molar-refractivity contribution in [3.8, 4) is 11.8 Å². The second-order valence-electron chi connectivity index (χ2n) is 7.27. The van der Waals surface area contributed by atoms with Gasteiger partial charge in [0.25, 0.3) is 5.91 Å². The Morgan fingerprint density at radius 3 is 2.50 bits per heavy atom. The van der Waals surface area contributed by atoms with Crippen LogP contribution in [-0.2, 0) is 4.79 Å². The van der Waals surface area contributed by atoms with Gasteiger partial charge in [0.2, 0.25) is 0 Å². The number of hydrogen-bond donors (Lipinski definition) is 1. The molecule has 1 amide bonds. The molecule has 0 aromatic heterocycles. The van der Waals surface area contributed by atoms with Gasteiger partial charge < -0.3 is 4.74 Å². The third kappa shape index (κ3) is 2.89. The summed E-state index contributed by atoms with van der Waals surface area (Å²) in [5.74, 6) is 3.06. The van der Waals surface area contributed by atoms with Crippen molar-refractivity contribution < 1.29 is 9.53 Å². The predicted octanol–water partition coefficient (Wildman–Crippen LogP) is 2.87. The fourth-order valence-electron chi connectivity index (χ4n) is 4.84. The van der Waals surface area contributed by atoms with Gasteiger partial charge in [-0.15, -0.1) is 0 Å². The van der Waals surface area contributed by atoms with Gasteiger partial charge in [0.1, 0.15) is 11.8 Å². The van der Waals surface area contributed by atoms with E-state index < -0.39 is 0 Å². The van der Waals surface area contributed by atoms with Gasteiger partial charge in [-0.05, 0) is 67.9 Å². The number of carbonyl (C=O) groups is 1. The molecule has 1 aromatic rings. The van der Waals surface area contributed by atoms with Gasteiger partial charge in [0.15, 0.2) is 6.61 Å². The highest BCUT2D eigenvalue weighted by Gasteiger charge is 2.46. The van der Waals surface area contributed by atoms with Crippen LogP contribution in [-0.4, -0.2) is 18.2 Å². The normalized spacial score (nSPS) is 29.9. The Morgan fingerprint density at radius 1 is 1.17 bits per heavy atom. The SMILES string of the molecule is N#Cc1ccccc1OCC(=O)NN=C1C2CC3CC(C2)CC1C3. The van der Waals surface area contributed by atoms with Crippen LogP contribution in [0.3, 0.4) is 0 Å². The lowest BCUT2D eigenvalue weighted by Crippen LogP contribution is -2.46. The maximum atomic E-state index is 12.0. The zero-order chi connectivity index (χ0) is 16.5. The third-order valence-corrected chi connectivity index (χ3v) is 5.65. The number of carbonyl (C=O) groups excluding carboxylic acids is 1. The zero-order valence-corrected chi connectivity index (χ0v) is 13.6. The molecule has 0 heterocycles. The summed E-state index contributed by atoms with van der Waals surface area (Å²) in [6.07, 6.45) is 6.38. The van der Waals surface area contributed by atoms with Crippen LogP contribution >= 0.6 is 0 Å². The highest BCUT2D eigenvalue weighted by molar-refractivity contribution is 5.92. The van der Waals surface area contributed by atoms with Gasteiger partial charge in [0, 0.05) is 5.71 Å². The Balaban J connectivity index is 1.34. The van der Waals surface area contributed by atoms with E-state index in [9.17, 15) is 4.79 Å². The fraction of sp³-hybridized carbons (Fsp3) is 0.526. The molecular weight excluding hydrogens is 302 g/mol. The van der Waals surface area contributed by atoms with E-state index in [1.807, 2.05) is 0 Å². The van der Waals surface area contributed by atoms with Crippen LogP contribution in [0.25, 0.3) is 0 Å². The minimum Gasteiger partial charge on any atom is -0.482 e. The second kappa shape index (κ2) is 6.27. The van der Waals surface area contributed by atoms with E-state index in [0.717, 1.165) is 11.8 Å². The maximum absolute atomic E-state index is 12.0. The van der Waals surface area contributed by atoms with Crippen LogP contribution < -0.4 is 10.2 Å². The van der Waals surface area contributed by atoms with E-state index in [-0.39, 0.29) is 12.5 Å². The van der Waals surface area contributed by atoms with Gasteiger partial charge in [-0.2, -0.15) is 10.4 Å². The van der Waals surface area contributed by atoms with E-state index in [1.54, 1.807) is 24.3 Å². The number of hydrogen-bond acceptors (Lipinski definition) is 4. The van der Waals surface area contributed by atoms with Gasteiger partial charge in [-0.1, -0.05) is 12.1 Å². The summed E-state index contributed by atoms with van der Waals surface area (Å²) in [7, 11) is 0. The molecule has 124 valence electrons. The van der Waals surface area contributed by atoms with Crippen LogP contribution in [0.15, 0.2) is 29.4 Å². The summed E-state index contributed by atoms with van der Waals surface area (Å²) in [6.45, 7) is -0.129. The van der Waals surface area contributed by atoms with Gasteiger partial charge in [0.05, 0.1) is 5.56 Å². The van der Waals surface area contributed by atoms with Crippen LogP contribution in [0.5, 0.6) is 5.75 Å². The molecule has 0 aliphatic heterocycles. The fourth-order valence-corrected chi connectivity index (χ4v) is 4.84. The number of nitrogens with one attached hydrogen (secondary N) is 1. The number of amides is 1. The number of nitrogens with zero attached hydrogens (tertiary/aromatic N) is 2. The standard InChI is InChI=1S/C19H21N3O2/c20-10-14-3-1-2-4-17(14)24-11-18(23)21-22-19-15-6-12-5-13(8-15)9-16(19)7-12/h1-4,12-13,15-16H,5-9,11H2,(H,21,23). The number of para-hydroxylation sites is 1. The van der Waals surface area contributed by atoms with Crippen LogP contribution in [0.4, 0.5) is 0 Å². The minimum absolute atomic E-state index is 0.129. The first-order valence-electron chi connectivity index (χ1n) is 8.71. The number of ether oxygens (including phenoxy) is 1. The maximum Gasteiger partial charge on any atom is 0.277 e. The summed E-state index contributed by atoms with van der Waals surface area (Å²) in [5, 5.41) is 13.5. The van der Waals surface area contributed by atoms with E-state index in [4.69, 9.17) is 10.00 Å². The number of nitriles is 1. The Morgan fingerprint density at radius 2 is 1.83 bits per heavy atom. The molecule has 24 heavy (non-hydrogen) atoms. The lowest BCUT2D eigenvalue weighted by atomic mass is 9.55. The lowest BCUT2D eigenvalue weighted by molar-refractivity contribution is -0.123. The Bertz CT molecular complexity index is 690. The summed E-state index contributed by atoms with van der Waals surface area (Å²) in [4.78, 5) is 12.0. The molecule has 0 spiro atoms. The molecule has 4 saturated carbocycles. The molecule has 0 unspecified atom stereocenters. The van der Waals surface area contributed by atoms with Crippen molar-refractivity contribution in [2.75, 3.05) is 6.61 Å². The average molecular weight is 323 g/mol. The van der Waals surface area contributed by atoms with Crippen molar-refractivity contribution in [2.45, 2.75) is 32.1 Å². The Labute approximate surface area is 141 Å². The van der Waals surface area contributed by atoms with E-state index in [1.165, 1.54) is 37.8 Å². The van der Waals surface area contributed by atoms with Crippen molar-refractivity contribution in [1.29, 1.82) is 5.26 Å². The zero-order valence-electron chi connectivity index (χ0n) is 13.6. The summed E-state index contributed by atoms with van der Waals surface area (Å²) >= 11 is 0. The van der Waals surface area contributed by atoms with Crippen molar-refractivity contribution >= 4 is 11.6 Å². The smallest absolute Gasteiger partial charge is 0.277 e. The molecule has 4 fully saturated rings. The van der Waals surface area contributed by atoms with Crippen molar-refractivity contribution in [3.63, 3.8) is 0 Å². The topological polar surface area (TPSA) is 74.5 Å². The Kier molecular flexibility index (Phi) is 3.97. The Hall–Kier alpha value is -2.35. The third-order valence-electron chi connectivity index (χ3n) is 5.65. The van der Waals surface area contributed by atoms with Crippen molar-refractivity contribution in [1.82, 2.24) is 5.43 Å². The molecule has 0 saturated heterocycles. The van der Waals surface area contributed by atoms with Gasteiger partial charge in [-0.3, -0.25) is 4.79 Å². The molecule has 5 rings (SSSR count). The van der Waals surface area contributed by atoms with E-state index in [0.29, 0.717) is 23.1 Å². The summed E-state index contributed by atoms with van der Waals surface area (Å²) in [5.41, 5.74) is 4.29. The predicted molar refractivity (Wildman–Crippen MR) is 89.3 cm³/mol. The highest BCUT2D eigenvalue weighted by Crippen LogP contribution is 2.52. The average Bonchev–Trinajstić information content (AvgIpc) is 2.59. The quantitative estimate of drug-likeness (QED) is 0.866.